The van der Waals surface area contributed by atoms with Crippen LogP contribution in [0.2, 0.25) is 0 Å². The van der Waals surface area contributed by atoms with Crippen molar-refractivity contribution < 1.29 is 36.6 Å². The van der Waals surface area contributed by atoms with Crippen LogP contribution in [0.5, 0.6) is 0 Å². The van der Waals surface area contributed by atoms with E-state index in [-0.39, 0.29) is 28.0 Å². The van der Waals surface area contributed by atoms with E-state index in [0.717, 1.165) is 25.1 Å². The number of nitrogens with one attached hydrogen (secondary N) is 1. The first kappa shape index (κ1) is 24.3. The van der Waals surface area contributed by atoms with Gasteiger partial charge in [-0.1, -0.05) is 0 Å². The highest BCUT2D eigenvalue weighted by Crippen LogP contribution is 2.43. The average Bonchev–Trinajstić information content (AvgIpc) is 3.33. The van der Waals surface area contributed by atoms with Crippen molar-refractivity contribution in [3.05, 3.63) is 28.5 Å². The molecule has 0 unspecified atom stereocenters. The van der Waals surface area contributed by atoms with Crippen molar-refractivity contribution in [1.82, 2.24) is 14.9 Å². The van der Waals surface area contributed by atoms with E-state index in [9.17, 15) is 36.6 Å². The number of nitrogens with zero attached hydrogens (tertiary/aromatic N) is 3. The normalized spacial score (nSPS) is 19.5. The number of carboxylic acid groups (broad SMARTS) is 1. The Morgan fingerprint density at radius 1 is 1.26 bits per heavy atom. The molecule has 1 saturated carbocycles. The van der Waals surface area contributed by atoms with Gasteiger partial charge >= 0.3 is 12.1 Å². The number of pyridine rings is 1. The minimum absolute atomic E-state index is 0.106. The van der Waals surface area contributed by atoms with Crippen LogP contribution in [0, 0.1) is 5.92 Å². The van der Waals surface area contributed by atoms with Crippen molar-refractivity contribution in [3.63, 3.8) is 0 Å². The van der Waals surface area contributed by atoms with Crippen molar-refractivity contribution in [3.8, 4) is 10.4 Å². The van der Waals surface area contributed by atoms with Gasteiger partial charge in [-0.15, -0.1) is 11.3 Å². The Balaban J connectivity index is 1.75. The third-order valence-electron chi connectivity index (χ3n) is 5.99. The minimum atomic E-state index is -4.58. The lowest BCUT2D eigenvalue weighted by molar-refractivity contribution is -0.146. The maximum atomic E-state index is 14.0. The first-order chi connectivity index (χ1) is 16.0. The summed E-state index contributed by atoms with van der Waals surface area (Å²) < 4.78 is 68.1. The molecule has 2 aromatic heterocycles. The monoisotopic (exact) mass is 504 g/mol. The molecular weight excluding hydrogens is 483 g/mol. The Labute approximate surface area is 195 Å². The van der Waals surface area contributed by atoms with Crippen LogP contribution < -0.4 is 5.32 Å². The van der Waals surface area contributed by atoms with Gasteiger partial charge in [0, 0.05) is 29.9 Å². The van der Waals surface area contributed by atoms with Gasteiger partial charge in [-0.2, -0.15) is 13.2 Å². The van der Waals surface area contributed by atoms with Crippen molar-refractivity contribution in [1.29, 1.82) is 0 Å². The number of likely N-dealkylation sites (tertiary alicyclic amines) is 1. The molecule has 0 radical (unpaired) electrons. The molecule has 13 heteroatoms. The van der Waals surface area contributed by atoms with E-state index in [1.165, 1.54) is 4.90 Å². The van der Waals surface area contributed by atoms with Gasteiger partial charge in [0.15, 0.2) is 0 Å². The molecular formula is C21H21F5N4O3S. The van der Waals surface area contributed by atoms with E-state index in [4.69, 9.17) is 0 Å². The molecule has 2 fully saturated rings. The highest BCUT2D eigenvalue weighted by atomic mass is 32.1. The lowest BCUT2D eigenvalue weighted by atomic mass is 10.1. The Kier molecular flexibility index (Phi) is 6.49. The summed E-state index contributed by atoms with van der Waals surface area (Å²) in [6.07, 6.45) is -4.54. The van der Waals surface area contributed by atoms with Gasteiger partial charge < -0.3 is 15.3 Å². The Morgan fingerprint density at radius 3 is 2.50 bits per heavy atom. The number of rotatable bonds is 7. The molecule has 4 rings (SSSR count). The maximum Gasteiger partial charge on any atom is 0.408 e. The SMILES string of the molecule is C[C@H]1CCCN1C(=O)c1nc(C(=O)O)sc1-c1cnc(N[C@H](C2CC2)C(F)(F)F)cc1C(F)F. The molecule has 1 saturated heterocycles. The number of carboxylic acids is 1. The zero-order chi connectivity index (χ0) is 24.8. The van der Waals surface area contributed by atoms with E-state index in [0.29, 0.717) is 30.7 Å². The number of halogens is 5. The van der Waals surface area contributed by atoms with Crippen molar-refractivity contribution >= 4 is 29.0 Å². The molecule has 2 N–H and O–H groups in total. The molecule has 1 aliphatic carbocycles. The highest BCUT2D eigenvalue weighted by Gasteiger charge is 2.49. The lowest BCUT2D eigenvalue weighted by Gasteiger charge is -2.23. The molecule has 1 amide bonds. The molecule has 2 aliphatic rings. The fourth-order valence-electron chi connectivity index (χ4n) is 4.09. The summed E-state index contributed by atoms with van der Waals surface area (Å²) in [7, 11) is 0. The summed E-state index contributed by atoms with van der Waals surface area (Å²) in [5.74, 6) is -3.04. The van der Waals surface area contributed by atoms with Gasteiger partial charge in [0.2, 0.25) is 5.01 Å². The van der Waals surface area contributed by atoms with Gasteiger partial charge in [0.05, 0.1) is 4.88 Å². The van der Waals surface area contributed by atoms with E-state index in [1.54, 1.807) is 0 Å². The largest absolute Gasteiger partial charge is 0.476 e. The van der Waals surface area contributed by atoms with Crippen molar-refractivity contribution in [2.75, 3.05) is 11.9 Å². The third-order valence-corrected chi connectivity index (χ3v) is 7.07. The van der Waals surface area contributed by atoms with Crippen LogP contribution in [0.1, 0.15) is 64.9 Å². The Morgan fingerprint density at radius 2 is 1.97 bits per heavy atom. The van der Waals surface area contributed by atoms with Crippen LogP contribution in [0.25, 0.3) is 10.4 Å². The molecule has 0 spiro atoms. The van der Waals surface area contributed by atoms with Crippen LogP contribution in [0.4, 0.5) is 27.8 Å². The molecule has 184 valence electrons. The van der Waals surface area contributed by atoms with Crippen molar-refractivity contribution in [2.45, 2.75) is 57.3 Å². The fourth-order valence-corrected chi connectivity index (χ4v) is 5.01. The fraction of sp³-hybridized carbons (Fsp3) is 0.524. The first-order valence-electron chi connectivity index (χ1n) is 10.6. The van der Waals surface area contributed by atoms with Crippen LogP contribution in [-0.4, -0.2) is 56.7 Å². The third kappa shape index (κ3) is 4.84. The minimum Gasteiger partial charge on any atom is -0.476 e. The van der Waals surface area contributed by atoms with Crippen LogP contribution in [-0.2, 0) is 0 Å². The zero-order valence-electron chi connectivity index (χ0n) is 17.9. The quantitative estimate of drug-likeness (QED) is 0.502. The summed E-state index contributed by atoms with van der Waals surface area (Å²) in [6.45, 7) is 2.24. The number of aromatic nitrogens is 2. The van der Waals surface area contributed by atoms with Gasteiger partial charge in [0.25, 0.3) is 12.3 Å². The number of alkyl halides is 5. The Hall–Kier alpha value is -2.83. The smallest absolute Gasteiger partial charge is 0.408 e. The molecule has 3 heterocycles. The number of hydrogen-bond donors (Lipinski definition) is 2. The van der Waals surface area contributed by atoms with E-state index < -0.39 is 47.0 Å². The standard InChI is InChI=1S/C21H21F5N4O3S/c1-9-3-2-6-30(9)19(31)14-15(34-18(29-14)20(32)33)12-8-27-13(7-11(12)17(22)23)28-16(10-4-5-10)21(24,25)26/h7-10,16-17H,2-6H2,1H3,(H,27,28)(H,32,33)/t9-,16+/m0/s1. The number of anilines is 1. The number of hydrogen-bond acceptors (Lipinski definition) is 6. The first-order valence-corrected chi connectivity index (χ1v) is 11.5. The van der Waals surface area contributed by atoms with E-state index in [1.807, 2.05) is 6.92 Å². The van der Waals surface area contributed by atoms with Crippen molar-refractivity contribution in [2.24, 2.45) is 5.92 Å². The number of aromatic carboxylic acids is 1. The average molecular weight is 504 g/mol. The number of thiazole rings is 1. The summed E-state index contributed by atoms with van der Waals surface area (Å²) in [4.78, 5) is 33.8. The Bertz CT molecular complexity index is 1100. The summed E-state index contributed by atoms with van der Waals surface area (Å²) in [6, 6.07) is -1.22. The zero-order valence-corrected chi connectivity index (χ0v) is 18.7. The molecule has 2 aromatic rings. The van der Waals surface area contributed by atoms with Crippen LogP contribution in [0.15, 0.2) is 12.3 Å². The summed E-state index contributed by atoms with van der Waals surface area (Å²) in [5.41, 5.74) is -1.19. The topological polar surface area (TPSA) is 95.4 Å². The predicted molar refractivity (Wildman–Crippen MR) is 113 cm³/mol. The second kappa shape index (κ2) is 9.08. The molecule has 0 bridgehead atoms. The second-order valence-electron chi connectivity index (χ2n) is 8.45. The van der Waals surface area contributed by atoms with Gasteiger partial charge in [0.1, 0.15) is 17.6 Å². The molecule has 34 heavy (non-hydrogen) atoms. The van der Waals surface area contributed by atoms with Gasteiger partial charge in [-0.25, -0.2) is 23.5 Å². The lowest BCUT2D eigenvalue weighted by Crippen LogP contribution is -2.38. The van der Waals surface area contributed by atoms with Crippen LogP contribution in [0.3, 0.4) is 0 Å². The molecule has 2 atom stereocenters. The number of carbonyl (C=O) groups is 2. The van der Waals surface area contributed by atoms with Crippen LogP contribution >= 0.6 is 11.3 Å². The number of carbonyl (C=O) groups excluding carboxylic acids is 1. The summed E-state index contributed by atoms with van der Waals surface area (Å²) >= 11 is 0.548. The number of amides is 1. The van der Waals surface area contributed by atoms with Gasteiger partial charge in [-0.3, -0.25) is 4.79 Å². The molecule has 1 aliphatic heterocycles. The summed E-state index contributed by atoms with van der Waals surface area (Å²) in [5, 5.41) is 11.1. The molecule has 0 aromatic carbocycles. The molecule has 7 nitrogen and oxygen atoms in total. The van der Waals surface area contributed by atoms with E-state index >= 15 is 0 Å². The predicted octanol–water partition coefficient (Wildman–Crippen LogP) is 5.22. The second-order valence-corrected chi connectivity index (χ2v) is 9.45. The highest BCUT2D eigenvalue weighted by molar-refractivity contribution is 7.17. The van der Waals surface area contributed by atoms with E-state index in [2.05, 4.69) is 15.3 Å². The van der Waals surface area contributed by atoms with Gasteiger partial charge in [-0.05, 0) is 44.6 Å². The maximum absolute atomic E-state index is 14.0.